The summed E-state index contributed by atoms with van der Waals surface area (Å²) in [5.74, 6) is 0.0691. The maximum atomic E-state index is 12.2. The van der Waals surface area contributed by atoms with E-state index in [0.717, 1.165) is 6.33 Å². The van der Waals surface area contributed by atoms with E-state index >= 15 is 0 Å². The fourth-order valence-corrected chi connectivity index (χ4v) is 6.86. The average molecular weight is 585 g/mol. The number of rotatable bonds is 9. The first-order valence-corrected chi connectivity index (χ1v) is 14.9. The van der Waals surface area contributed by atoms with Crippen molar-refractivity contribution in [2.75, 3.05) is 12.3 Å². The molecule has 6 atom stereocenters. The zero-order valence-electron chi connectivity index (χ0n) is 15.3. The Labute approximate surface area is 185 Å². The van der Waals surface area contributed by atoms with E-state index in [1.807, 2.05) is 15.6 Å². The van der Waals surface area contributed by atoms with Gasteiger partial charge < -0.3 is 0 Å². The van der Waals surface area contributed by atoms with Gasteiger partial charge in [-0.1, -0.05) is 0 Å². The molecule has 2 unspecified atom stereocenters. The molecule has 1 fully saturated rings. The number of nitrogens with two attached hydrogens (primary N) is 1. The Bertz CT molecular complexity index is 1130. The molecule has 2 aromatic rings. The number of fused-ring (bicyclic) bond motifs is 1. The summed E-state index contributed by atoms with van der Waals surface area (Å²) in [5, 5.41) is 20.6. The standard InChI is InChI=1S/C10H15N5O13P3Se/c11-8-5-9(13-2-12-8)15(3-14-5)10-7(17)6(16)4(25-10)1-24-31(23,32)28-30(21,22)27-26-29(18,19)20/h2-4,6-7,10,16-17H,1H2,(H,21,22)(H2,11,12,13)(H2,18,19,20)/t4-,6-,7-,10-,31?/m1/s1. The van der Waals surface area contributed by atoms with E-state index in [-0.39, 0.29) is 17.0 Å². The molecule has 3 heterocycles. The number of phosphoric acid groups is 2. The van der Waals surface area contributed by atoms with Gasteiger partial charge in [-0.25, -0.2) is 0 Å². The first-order valence-electron chi connectivity index (χ1n) is 8.07. The molecule has 0 spiro atoms. The molecule has 0 bridgehead atoms. The Balaban J connectivity index is 1.65. The Kier molecular flexibility index (Phi) is 7.59. The van der Waals surface area contributed by atoms with Crippen LogP contribution in [0.2, 0.25) is 0 Å². The fraction of sp³-hybridized carbons (Fsp3) is 0.500. The number of hydrogen-bond donors (Lipinski definition) is 6. The van der Waals surface area contributed by atoms with E-state index < -0.39 is 53.1 Å². The first-order chi connectivity index (χ1) is 14.7. The van der Waals surface area contributed by atoms with Crippen LogP contribution in [0.5, 0.6) is 0 Å². The average Bonchev–Trinajstić information content (AvgIpc) is 3.20. The van der Waals surface area contributed by atoms with Crippen LogP contribution in [-0.4, -0.2) is 84.9 Å². The fourth-order valence-electron chi connectivity index (χ4n) is 2.57. The number of hydrogen-bond acceptors (Lipinski definition) is 14. The molecule has 1 saturated heterocycles. The molecule has 0 saturated carbocycles. The van der Waals surface area contributed by atoms with Crippen LogP contribution in [-0.2, 0) is 36.6 Å². The van der Waals surface area contributed by atoms with Crippen LogP contribution < -0.4 is 5.73 Å². The van der Waals surface area contributed by atoms with Gasteiger partial charge in [0.2, 0.25) is 0 Å². The van der Waals surface area contributed by atoms with E-state index in [1.165, 1.54) is 10.9 Å². The number of nitrogens with zero attached hydrogens (tertiary/aromatic N) is 4. The monoisotopic (exact) mass is 586 g/mol. The topological polar surface area (TPSA) is 268 Å². The summed E-state index contributed by atoms with van der Waals surface area (Å²) in [6.45, 7) is -0.734. The van der Waals surface area contributed by atoms with Crippen LogP contribution in [0.1, 0.15) is 6.23 Å². The van der Waals surface area contributed by atoms with Crippen molar-refractivity contribution in [2.45, 2.75) is 24.5 Å². The van der Waals surface area contributed by atoms with Crippen molar-refractivity contribution in [3.63, 3.8) is 0 Å². The number of nitrogen functional groups attached to an aromatic ring is 1. The molecule has 179 valence electrons. The summed E-state index contributed by atoms with van der Waals surface area (Å²) < 4.78 is 57.0. The Hall–Kier alpha value is -0.841. The minimum atomic E-state index is -5.41. The second kappa shape index (κ2) is 9.43. The van der Waals surface area contributed by atoms with E-state index in [4.69, 9.17) is 24.8 Å². The predicted octanol–water partition coefficient (Wildman–Crippen LogP) is -1.52. The number of aliphatic hydroxyl groups excluding tert-OH is 2. The first kappa shape index (κ1) is 25.8. The maximum absolute atomic E-state index is 12.2. The molecule has 18 nitrogen and oxygen atoms in total. The Morgan fingerprint density at radius 3 is 2.47 bits per heavy atom. The van der Waals surface area contributed by atoms with Crippen molar-refractivity contribution in [3.8, 4) is 0 Å². The number of aromatic nitrogens is 4. The summed E-state index contributed by atoms with van der Waals surface area (Å²) in [6.07, 6.45) is -7.79. The molecule has 3 rings (SSSR count). The second-order valence-electron chi connectivity index (χ2n) is 6.06. The van der Waals surface area contributed by atoms with Crippen LogP contribution in [0.25, 0.3) is 11.2 Å². The molecule has 0 amide bonds. The van der Waals surface area contributed by atoms with E-state index in [1.54, 1.807) is 0 Å². The minimum absolute atomic E-state index is 0.0691. The quantitative estimate of drug-likeness (QED) is 0.0844. The Morgan fingerprint density at radius 2 is 1.81 bits per heavy atom. The van der Waals surface area contributed by atoms with Crippen LogP contribution in [0.4, 0.5) is 5.82 Å². The van der Waals surface area contributed by atoms with Gasteiger partial charge >= 0.3 is 185 Å². The van der Waals surface area contributed by atoms with Crippen LogP contribution >= 0.6 is 21.9 Å². The predicted molar refractivity (Wildman–Crippen MR) is 100 cm³/mol. The van der Waals surface area contributed by atoms with Crippen molar-refractivity contribution in [1.29, 1.82) is 0 Å². The van der Waals surface area contributed by atoms with E-state index in [2.05, 4.69) is 28.6 Å². The summed E-state index contributed by atoms with van der Waals surface area (Å²) in [7, 11) is -10.7. The van der Waals surface area contributed by atoms with Gasteiger partial charge in [0.05, 0.1) is 0 Å². The molecule has 2 aromatic heterocycles. The number of ether oxygens (including phenoxy) is 1. The van der Waals surface area contributed by atoms with Gasteiger partial charge in [-0.15, -0.1) is 0 Å². The second-order valence-corrected chi connectivity index (χ2v) is 12.9. The summed E-state index contributed by atoms with van der Waals surface area (Å²) in [4.78, 5) is 38.0. The van der Waals surface area contributed by atoms with Gasteiger partial charge in [0, 0.05) is 0 Å². The van der Waals surface area contributed by atoms with Crippen molar-refractivity contribution >= 4 is 54.5 Å². The zero-order chi connectivity index (χ0) is 23.9. The third-order valence-electron chi connectivity index (χ3n) is 3.82. The number of imidazole rings is 1. The summed E-state index contributed by atoms with van der Waals surface area (Å²) >= 11 is 1.83. The van der Waals surface area contributed by atoms with Gasteiger partial charge in [-0.3, -0.25) is 0 Å². The van der Waals surface area contributed by atoms with Gasteiger partial charge in [0.1, 0.15) is 0 Å². The molecule has 7 N–H and O–H groups in total. The molecule has 32 heavy (non-hydrogen) atoms. The third-order valence-corrected chi connectivity index (χ3v) is 8.49. The van der Waals surface area contributed by atoms with Gasteiger partial charge in [0.25, 0.3) is 0 Å². The number of anilines is 1. The molecule has 0 aliphatic carbocycles. The Morgan fingerprint density at radius 1 is 1.12 bits per heavy atom. The van der Waals surface area contributed by atoms with Gasteiger partial charge in [0.15, 0.2) is 0 Å². The van der Waals surface area contributed by atoms with Gasteiger partial charge in [-0.05, 0) is 0 Å². The molecule has 1 aliphatic rings. The molecule has 1 radical (unpaired) electrons. The molecule has 22 heteroatoms. The SMILES string of the molecule is Nc1ncnc2c1ncn2[C@@H]1O[C@H](COP(=O)([Se])OP(=O)(O)OOP(=O)(O)O)[C@@H](O)[C@H]1O. The zero-order valence-corrected chi connectivity index (χ0v) is 19.7. The molecule has 0 aromatic carbocycles. The molecule has 1 aliphatic heterocycles. The third kappa shape index (κ3) is 6.18. The van der Waals surface area contributed by atoms with Crippen molar-refractivity contribution in [1.82, 2.24) is 19.5 Å². The van der Waals surface area contributed by atoms with Crippen molar-refractivity contribution < 1.29 is 61.5 Å². The summed E-state index contributed by atoms with van der Waals surface area (Å²) in [6, 6.07) is 0. The summed E-state index contributed by atoms with van der Waals surface area (Å²) in [5.41, 5.74) is 6.10. The van der Waals surface area contributed by atoms with Crippen molar-refractivity contribution in [3.05, 3.63) is 12.7 Å². The molecular formula is C10H15N5O13P3Se. The number of aliphatic hydroxyl groups is 2. The van der Waals surface area contributed by atoms with Gasteiger partial charge in [-0.2, -0.15) is 0 Å². The van der Waals surface area contributed by atoms with Crippen molar-refractivity contribution in [2.24, 2.45) is 0 Å². The van der Waals surface area contributed by atoms with Crippen LogP contribution in [0, 0.1) is 0 Å². The molecular weight excluding hydrogens is 570 g/mol. The van der Waals surface area contributed by atoms with Crippen LogP contribution in [0.15, 0.2) is 12.7 Å². The van der Waals surface area contributed by atoms with E-state index in [0.29, 0.717) is 0 Å². The van der Waals surface area contributed by atoms with E-state index in [9.17, 15) is 28.8 Å². The van der Waals surface area contributed by atoms with Crippen LogP contribution in [0.3, 0.4) is 0 Å². The normalized spacial score (nSPS) is 27.9.